The summed E-state index contributed by atoms with van der Waals surface area (Å²) < 4.78 is 5.50. The smallest absolute Gasteiger partial charge is 0.208 e. The first kappa shape index (κ1) is 11.6. The maximum absolute atomic E-state index is 8.86. The van der Waals surface area contributed by atoms with Crippen molar-refractivity contribution < 1.29 is 9.52 Å². The van der Waals surface area contributed by atoms with Gasteiger partial charge in [0.2, 0.25) is 5.89 Å². The SMILES string of the molecule is Cc1cnc(CN2CCCC2CCCO)o1. The summed E-state index contributed by atoms with van der Waals surface area (Å²) in [6, 6.07) is 0.597. The van der Waals surface area contributed by atoms with Crippen LogP contribution in [-0.2, 0) is 6.54 Å². The highest BCUT2D eigenvalue weighted by molar-refractivity contribution is 4.92. The van der Waals surface area contributed by atoms with E-state index in [2.05, 4.69) is 9.88 Å². The van der Waals surface area contributed by atoms with Gasteiger partial charge in [-0.05, 0) is 39.2 Å². The van der Waals surface area contributed by atoms with Crippen LogP contribution in [0.5, 0.6) is 0 Å². The van der Waals surface area contributed by atoms with Crippen LogP contribution in [0.15, 0.2) is 10.6 Å². The molecule has 2 heterocycles. The molecule has 1 aliphatic rings. The Labute approximate surface area is 96.3 Å². The predicted molar refractivity (Wildman–Crippen MR) is 61.0 cm³/mol. The second kappa shape index (κ2) is 5.46. The van der Waals surface area contributed by atoms with Gasteiger partial charge < -0.3 is 9.52 Å². The van der Waals surface area contributed by atoms with Crippen LogP contribution >= 0.6 is 0 Å². The van der Waals surface area contributed by atoms with Crippen LogP contribution in [0, 0.1) is 6.92 Å². The van der Waals surface area contributed by atoms with Gasteiger partial charge in [-0.3, -0.25) is 4.90 Å². The zero-order valence-electron chi connectivity index (χ0n) is 9.85. The molecule has 1 atom stereocenters. The monoisotopic (exact) mass is 224 g/mol. The van der Waals surface area contributed by atoms with E-state index in [4.69, 9.17) is 9.52 Å². The lowest BCUT2D eigenvalue weighted by Crippen LogP contribution is -2.29. The third-order valence-electron chi connectivity index (χ3n) is 3.20. The van der Waals surface area contributed by atoms with Crippen LogP contribution in [0.25, 0.3) is 0 Å². The number of rotatable bonds is 5. The Balaban J connectivity index is 1.88. The summed E-state index contributed by atoms with van der Waals surface area (Å²) in [7, 11) is 0. The minimum absolute atomic E-state index is 0.294. The average molecular weight is 224 g/mol. The summed E-state index contributed by atoms with van der Waals surface area (Å²) in [6.45, 7) is 4.15. The number of aryl methyl sites for hydroxylation is 1. The molecule has 0 bridgehead atoms. The van der Waals surface area contributed by atoms with Crippen LogP contribution in [0.3, 0.4) is 0 Å². The fourth-order valence-corrected chi connectivity index (χ4v) is 2.41. The molecule has 1 unspecified atom stereocenters. The fourth-order valence-electron chi connectivity index (χ4n) is 2.41. The van der Waals surface area contributed by atoms with Gasteiger partial charge in [0.1, 0.15) is 5.76 Å². The molecule has 0 saturated carbocycles. The van der Waals surface area contributed by atoms with E-state index in [1.165, 1.54) is 12.8 Å². The quantitative estimate of drug-likeness (QED) is 0.827. The first-order valence-electron chi connectivity index (χ1n) is 6.06. The second-order valence-corrected chi connectivity index (χ2v) is 4.50. The van der Waals surface area contributed by atoms with Gasteiger partial charge in [0.15, 0.2) is 0 Å². The van der Waals surface area contributed by atoms with Crippen LogP contribution in [0.4, 0.5) is 0 Å². The highest BCUT2D eigenvalue weighted by atomic mass is 16.4. The average Bonchev–Trinajstić information content (AvgIpc) is 2.86. The van der Waals surface area contributed by atoms with Crippen LogP contribution < -0.4 is 0 Å². The highest BCUT2D eigenvalue weighted by Crippen LogP contribution is 2.23. The van der Waals surface area contributed by atoms with Crippen molar-refractivity contribution in [2.45, 2.75) is 45.2 Å². The molecule has 1 aliphatic heterocycles. The summed E-state index contributed by atoms with van der Waals surface area (Å²) in [6.07, 6.45) is 6.23. The molecule has 16 heavy (non-hydrogen) atoms. The topological polar surface area (TPSA) is 49.5 Å². The second-order valence-electron chi connectivity index (χ2n) is 4.50. The van der Waals surface area contributed by atoms with Crippen molar-refractivity contribution in [2.75, 3.05) is 13.2 Å². The minimum Gasteiger partial charge on any atom is -0.445 e. The summed E-state index contributed by atoms with van der Waals surface area (Å²) in [5, 5.41) is 8.86. The van der Waals surface area contributed by atoms with Crippen molar-refractivity contribution in [1.29, 1.82) is 0 Å². The zero-order valence-corrected chi connectivity index (χ0v) is 9.85. The number of hydrogen-bond acceptors (Lipinski definition) is 4. The molecule has 1 fully saturated rings. The molecule has 1 aromatic heterocycles. The van der Waals surface area contributed by atoms with Gasteiger partial charge in [-0.25, -0.2) is 4.98 Å². The van der Waals surface area contributed by atoms with E-state index < -0.39 is 0 Å². The van der Waals surface area contributed by atoms with Crippen molar-refractivity contribution in [3.05, 3.63) is 17.8 Å². The third-order valence-corrected chi connectivity index (χ3v) is 3.20. The highest BCUT2D eigenvalue weighted by Gasteiger charge is 2.25. The predicted octanol–water partition coefficient (Wildman–Crippen LogP) is 1.72. The van der Waals surface area contributed by atoms with Gasteiger partial charge in [-0.15, -0.1) is 0 Å². The Morgan fingerprint density at radius 1 is 1.62 bits per heavy atom. The summed E-state index contributed by atoms with van der Waals surface area (Å²) >= 11 is 0. The molecule has 4 nitrogen and oxygen atoms in total. The van der Waals surface area contributed by atoms with Gasteiger partial charge in [0.25, 0.3) is 0 Å². The lowest BCUT2D eigenvalue weighted by atomic mass is 10.1. The largest absolute Gasteiger partial charge is 0.445 e. The lowest BCUT2D eigenvalue weighted by Gasteiger charge is -2.22. The molecule has 1 N–H and O–H groups in total. The Morgan fingerprint density at radius 2 is 2.50 bits per heavy atom. The Bertz CT molecular complexity index is 325. The summed E-state index contributed by atoms with van der Waals surface area (Å²) in [5.74, 6) is 1.69. The molecule has 4 heteroatoms. The molecule has 2 rings (SSSR count). The molecular formula is C12H20N2O2. The van der Waals surface area contributed by atoms with Crippen molar-refractivity contribution >= 4 is 0 Å². The molecule has 0 radical (unpaired) electrons. The Kier molecular flexibility index (Phi) is 3.96. The van der Waals surface area contributed by atoms with Gasteiger partial charge in [0.05, 0.1) is 12.7 Å². The van der Waals surface area contributed by atoms with Crippen LogP contribution in [0.1, 0.15) is 37.3 Å². The van der Waals surface area contributed by atoms with Gasteiger partial charge >= 0.3 is 0 Å². The van der Waals surface area contributed by atoms with Gasteiger partial charge in [0, 0.05) is 12.6 Å². The first-order valence-corrected chi connectivity index (χ1v) is 6.06. The molecule has 1 aromatic rings. The summed E-state index contributed by atoms with van der Waals surface area (Å²) in [4.78, 5) is 6.65. The van der Waals surface area contributed by atoms with Crippen molar-refractivity contribution in [3.63, 3.8) is 0 Å². The van der Waals surface area contributed by atoms with Gasteiger partial charge in [-0.2, -0.15) is 0 Å². The first-order chi connectivity index (χ1) is 7.79. The number of aliphatic hydroxyl groups excluding tert-OH is 1. The van der Waals surface area contributed by atoms with E-state index in [-0.39, 0.29) is 0 Å². The number of aliphatic hydroxyl groups is 1. The summed E-state index contributed by atoms with van der Waals surface area (Å²) in [5.41, 5.74) is 0. The van der Waals surface area contributed by atoms with Crippen LogP contribution in [-0.4, -0.2) is 34.2 Å². The number of hydrogen-bond donors (Lipinski definition) is 1. The minimum atomic E-state index is 0.294. The maximum atomic E-state index is 8.86. The normalized spacial score (nSPS) is 21.8. The van der Waals surface area contributed by atoms with Crippen molar-refractivity contribution in [2.24, 2.45) is 0 Å². The molecule has 0 aromatic carbocycles. The van der Waals surface area contributed by atoms with E-state index >= 15 is 0 Å². The van der Waals surface area contributed by atoms with Crippen molar-refractivity contribution in [1.82, 2.24) is 9.88 Å². The van der Waals surface area contributed by atoms with Gasteiger partial charge in [-0.1, -0.05) is 0 Å². The molecule has 90 valence electrons. The lowest BCUT2D eigenvalue weighted by molar-refractivity contribution is 0.194. The maximum Gasteiger partial charge on any atom is 0.208 e. The van der Waals surface area contributed by atoms with E-state index in [0.29, 0.717) is 12.6 Å². The third kappa shape index (κ3) is 2.83. The number of aromatic nitrogens is 1. The van der Waals surface area contributed by atoms with E-state index in [1.54, 1.807) is 6.20 Å². The fraction of sp³-hybridized carbons (Fsp3) is 0.750. The Morgan fingerprint density at radius 3 is 3.19 bits per heavy atom. The molecular weight excluding hydrogens is 204 g/mol. The number of likely N-dealkylation sites (tertiary alicyclic amines) is 1. The zero-order chi connectivity index (χ0) is 11.4. The molecule has 0 spiro atoms. The van der Waals surface area contributed by atoms with E-state index in [9.17, 15) is 0 Å². The van der Waals surface area contributed by atoms with Crippen LogP contribution in [0.2, 0.25) is 0 Å². The Hall–Kier alpha value is -0.870. The molecule has 0 aliphatic carbocycles. The standard InChI is InChI=1S/C12H20N2O2/c1-10-8-13-12(16-10)9-14-6-2-4-11(14)5-3-7-15/h8,11,15H,2-7,9H2,1H3. The number of oxazole rings is 1. The van der Waals surface area contributed by atoms with E-state index in [0.717, 1.165) is 37.6 Å². The van der Waals surface area contributed by atoms with E-state index in [1.807, 2.05) is 6.92 Å². The molecule has 1 saturated heterocycles. The van der Waals surface area contributed by atoms with Crippen molar-refractivity contribution in [3.8, 4) is 0 Å². The number of nitrogens with zero attached hydrogens (tertiary/aromatic N) is 2. The molecule has 0 amide bonds.